The number of benzene rings is 1. The number of nitrogens with one attached hydrogen (secondary N) is 1. The largest absolute Gasteiger partial charge is 0.492 e. The van der Waals surface area contributed by atoms with E-state index < -0.39 is 0 Å². The van der Waals surface area contributed by atoms with E-state index in [4.69, 9.17) is 16.3 Å². The van der Waals surface area contributed by atoms with Crippen LogP contribution in [0.4, 0.5) is 0 Å². The highest BCUT2D eigenvalue weighted by atomic mass is 35.5. The molecule has 1 aliphatic rings. The van der Waals surface area contributed by atoms with E-state index in [2.05, 4.69) is 10.3 Å². The third-order valence-corrected chi connectivity index (χ3v) is 4.38. The molecule has 3 aromatic rings. The molecule has 1 unspecified atom stereocenters. The van der Waals surface area contributed by atoms with Crippen LogP contribution in [0.15, 0.2) is 48.8 Å². The monoisotopic (exact) mass is 341 g/mol. The molecule has 24 heavy (non-hydrogen) atoms. The van der Waals surface area contributed by atoms with Crippen molar-refractivity contribution in [3.05, 3.63) is 65.1 Å². The van der Waals surface area contributed by atoms with Crippen LogP contribution in [0.25, 0.3) is 5.65 Å². The smallest absolute Gasteiger partial charge is 0.227 e. The van der Waals surface area contributed by atoms with Gasteiger partial charge in [-0.05, 0) is 30.2 Å². The Balaban J connectivity index is 1.41. The molecule has 0 fully saturated rings. The summed E-state index contributed by atoms with van der Waals surface area (Å²) in [4.78, 5) is 16.9. The van der Waals surface area contributed by atoms with Gasteiger partial charge in [-0.15, -0.1) is 0 Å². The Morgan fingerprint density at radius 1 is 1.29 bits per heavy atom. The van der Waals surface area contributed by atoms with E-state index in [1.165, 1.54) is 0 Å². The van der Waals surface area contributed by atoms with Gasteiger partial charge in [0.2, 0.25) is 5.91 Å². The zero-order valence-electron chi connectivity index (χ0n) is 12.9. The molecule has 0 spiro atoms. The van der Waals surface area contributed by atoms with Crippen molar-refractivity contribution in [1.29, 1.82) is 0 Å². The molecule has 4 rings (SSSR count). The van der Waals surface area contributed by atoms with Crippen molar-refractivity contribution < 1.29 is 9.53 Å². The van der Waals surface area contributed by atoms with Crippen LogP contribution in [0.3, 0.4) is 0 Å². The summed E-state index contributed by atoms with van der Waals surface area (Å²) in [6.45, 7) is 0.792. The summed E-state index contributed by atoms with van der Waals surface area (Å²) in [5, 5.41) is 3.59. The minimum Gasteiger partial charge on any atom is -0.492 e. The lowest BCUT2D eigenvalue weighted by Crippen LogP contribution is -2.37. The van der Waals surface area contributed by atoms with Crippen LogP contribution in [0, 0.1) is 5.92 Å². The van der Waals surface area contributed by atoms with Crippen LogP contribution in [0.1, 0.15) is 11.3 Å². The van der Waals surface area contributed by atoms with Gasteiger partial charge < -0.3 is 14.5 Å². The first kappa shape index (κ1) is 15.0. The lowest BCUT2D eigenvalue weighted by atomic mass is 9.96. The molecule has 1 aliphatic heterocycles. The van der Waals surface area contributed by atoms with Crippen LogP contribution in [0.2, 0.25) is 5.02 Å². The molecule has 3 heterocycles. The number of fused-ring (bicyclic) bond motifs is 2. The number of para-hydroxylation sites is 1. The maximum Gasteiger partial charge on any atom is 0.227 e. The van der Waals surface area contributed by atoms with E-state index in [1.54, 1.807) is 12.3 Å². The van der Waals surface area contributed by atoms with Gasteiger partial charge >= 0.3 is 0 Å². The topological polar surface area (TPSA) is 55.6 Å². The van der Waals surface area contributed by atoms with Gasteiger partial charge in [-0.1, -0.05) is 29.8 Å². The average molecular weight is 342 g/mol. The molecule has 1 atom stereocenters. The van der Waals surface area contributed by atoms with E-state index >= 15 is 0 Å². The highest BCUT2D eigenvalue weighted by Gasteiger charge is 2.25. The normalized spacial score (nSPS) is 16.5. The predicted molar refractivity (Wildman–Crippen MR) is 91.2 cm³/mol. The van der Waals surface area contributed by atoms with E-state index in [9.17, 15) is 4.79 Å². The molecule has 0 bridgehead atoms. The number of hydrogen-bond acceptors (Lipinski definition) is 3. The highest BCUT2D eigenvalue weighted by Crippen LogP contribution is 2.26. The first-order valence-electron chi connectivity index (χ1n) is 7.80. The van der Waals surface area contributed by atoms with Gasteiger partial charge in [-0.25, -0.2) is 4.98 Å². The summed E-state index contributed by atoms with van der Waals surface area (Å²) in [5.41, 5.74) is 2.67. The number of amides is 1. The number of rotatable bonds is 3. The number of hydrogen-bond donors (Lipinski definition) is 1. The van der Waals surface area contributed by atoms with Crippen molar-refractivity contribution in [2.24, 2.45) is 5.92 Å². The Morgan fingerprint density at radius 3 is 3.08 bits per heavy atom. The third-order valence-electron chi connectivity index (χ3n) is 4.16. The summed E-state index contributed by atoms with van der Waals surface area (Å²) in [5.74, 6) is 0.685. The van der Waals surface area contributed by atoms with Gasteiger partial charge in [0.15, 0.2) is 0 Å². The van der Waals surface area contributed by atoms with E-state index in [1.807, 2.05) is 40.9 Å². The Kier molecular flexibility index (Phi) is 3.86. The molecular weight excluding hydrogens is 326 g/mol. The van der Waals surface area contributed by atoms with Crippen LogP contribution in [-0.4, -0.2) is 21.9 Å². The maximum absolute atomic E-state index is 12.4. The summed E-state index contributed by atoms with van der Waals surface area (Å²) < 4.78 is 7.53. The number of carbonyl (C=O) groups excluding carboxylic acids is 1. The van der Waals surface area contributed by atoms with Gasteiger partial charge in [0.25, 0.3) is 0 Å². The van der Waals surface area contributed by atoms with Crippen LogP contribution >= 0.6 is 11.6 Å². The second-order valence-corrected chi connectivity index (χ2v) is 6.32. The third kappa shape index (κ3) is 2.95. The molecule has 0 radical (unpaired) electrons. The van der Waals surface area contributed by atoms with Crippen LogP contribution < -0.4 is 10.1 Å². The number of halogens is 1. The molecule has 122 valence electrons. The molecule has 2 aromatic heterocycles. The lowest BCUT2D eigenvalue weighted by Gasteiger charge is -2.24. The fourth-order valence-electron chi connectivity index (χ4n) is 2.92. The van der Waals surface area contributed by atoms with Gasteiger partial charge in [0.1, 0.15) is 18.0 Å². The summed E-state index contributed by atoms with van der Waals surface area (Å²) >= 11 is 5.97. The number of aromatic nitrogens is 2. The number of pyridine rings is 1. The summed E-state index contributed by atoms with van der Waals surface area (Å²) in [7, 11) is 0. The minimum absolute atomic E-state index is 0.0143. The first-order valence-corrected chi connectivity index (χ1v) is 8.18. The Morgan fingerprint density at radius 2 is 2.17 bits per heavy atom. The van der Waals surface area contributed by atoms with E-state index in [-0.39, 0.29) is 11.8 Å². The Bertz CT molecular complexity index is 906. The van der Waals surface area contributed by atoms with Gasteiger partial charge in [0, 0.05) is 12.4 Å². The average Bonchev–Trinajstić information content (AvgIpc) is 3.01. The zero-order chi connectivity index (χ0) is 16.5. The molecule has 0 saturated carbocycles. The molecule has 1 amide bonds. The second kappa shape index (κ2) is 6.17. The van der Waals surface area contributed by atoms with Crippen molar-refractivity contribution in [2.45, 2.75) is 13.0 Å². The van der Waals surface area contributed by atoms with Crippen LogP contribution in [0.5, 0.6) is 5.75 Å². The summed E-state index contributed by atoms with van der Waals surface area (Å²) in [6, 6.07) is 11.5. The summed E-state index contributed by atoms with van der Waals surface area (Å²) in [6.07, 6.45) is 4.36. The molecule has 0 saturated heterocycles. The SMILES string of the molecule is O=C(NCc1cn2cc(Cl)ccc2n1)C1COc2ccccc2C1. The number of imidazole rings is 1. The molecule has 5 nitrogen and oxygen atoms in total. The molecular formula is C18H16ClN3O2. The minimum atomic E-state index is -0.175. The number of carbonyl (C=O) groups is 1. The Labute approximate surface area is 144 Å². The fourth-order valence-corrected chi connectivity index (χ4v) is 3.09. The fraction of sp³-hybridized carbons (Fsp3) is 0.222. The van der Waals surface area contributed by atoms with E-state index in [0.717, 1.165) is 22.7 Å². The molecule has 1 N–H and O–H groups in total. The van der Waals surface area contributed by atoms with Crippen molar-refractivity contribution >= 4 is 23.2 Å². The van der Waals surface area contributed by atoms with Crippen molar-refractivity contribution in [3.8, 4) is 5.75 Å². The van der Waals surface area contributed by atoms with Gasteiger partial charge in [-0.3, -0.25) is 4.79 Å². The van der Waals surface area contributed by atoms with Gasteiger partial charge in [-0.2, -0.15) is 0 Å². The number of nitrogens with zero attached hydrogens (tertiary/aromatic N) is 2. The van der Waals surface area contributed by atoms with Crippen molar-refractivity contribution in [1.82, 2.24) is 14.7 Å². The molecule has 0 aliphatic carbocycles. The van der Waals surface area contributed by atoms with Crippen molar-refractivity contribution in [3.63, 3.8) is 0 Å². The molecule has 6 heteroatoms. The van der Waals surface area contributed by atoms with Crippen molar-refractivity contribution in [2.75, 3.05) is 6.61 Å². The quantitative estimate of drug-likeness (QED) is 0.797. The molecule has 1 aromatic carbocycles. The van der Waals surface area contributed by atoms with E-state index in [0.29, 0.717) is 24.6 Å². The van der Waals surface area contributed by atoms with Crippen LogP contribution in [-0.2, 0) is 17.8 Å². The lowest BCUT2D eigenvalue weighted by molar-refractivity contribution is -0.126. The maximum atomic E-state index is 12.4. The second-order valence-electron chi connectivity index (χ2n) is 5.88. The standard InChI is InChI=1S/C18H16ClN3O2/c19-14-5-6-17-21-15(10-22(17)9-14)8-20-18(23)13-7-12-3-1-2-4-16(12)24-11-13/h1-6,9-10,13H,7-8,11H2,(H,20,23). The Hall–Kier alpha value is -2.53. The number of ether oxygens (including phenoxy) is 1. The highest BCUT2D eigenvalue weighted by molar-refractivity contribution is 6.30. The van der Waals surface area contributed by atoms with Gasteiger partial charge in [0.05, 0.1) is 23.2 Å². The first-order chi connectivity index (χ1) is 11.7. The predicted octanol–water partition coefficient (Wildman–Crippen LogP) is 2.86. The zero-order valence-corrected chi connectivity index (χ0v) is 13.7.